The van der Waals surface area contributed by atoms with Crippen molar-refractivity contribution < 1.29 is 14.7 Å². The summed E-state index contributed by atoms with van der Waals surface area (Å²) in [6, 6.07) is 0. The lowest BCUT2D eigenvalue weighted by molar-refractivity contribution is -0.138. The second-order valence-electron chi connectivity index (χ2n) is 3.86. The fourth-order valence-electron chi connectivity index (χ4n) is 1.92. The van der Waals surface area contributed by atoms with Crippen molar-refractivity contribution in [3.05, 3.63) is 0 Å². The molecule has 0 saturated carbocycles. The smallest absolute Gasteiger partial charge is 0.249 e. The first-order chi connectivity index (χ1) is 7.03. The molecule has 0 aliphatic carbocycles. The number of ketones is 1. The van der Waals surface area contributed by atoms with E-state index in [0.717, 1.165) is 6.42 Å². The first-order valence-corrected chi connectivity index (χ1v) is 5.30. The van der Waals surface area contributed by atoms with Gasteiger partial charge in [-0.2, -0.15) is 0 Å². The molecule has 0 aromatic carbocycles. The molecule has 1 amide bonds. The van der Waals surface area contributed by atoms with Crippen LogP contribution in [0.3, 0.4) is 0 Å². The molecule has 1 aliphatic heterocycles. The van der Waals surface area contributed by atoms with E-state index in [9.17, 15) is 9.59 Å². The highest BCUT2D eigenvalue weighted by Gasteiger charge is 2.46. The van der Waals surface area contributed by atoms with Crippen molar-refractivity contribution in [3.63, 3.8) is 0 Å². The van der Waals surface area contributed by atoms with Crippen molar-refractivity contribution in [1.82, 2.24) is 10.6 Å². The molecular weight excluding hydrogens is 196 g/mol. The second kappa shape index (κ2) is 4.72. The van der Waals surface area contributed by atoms with Crippen LogP contribution in [0.15, 0.2) is 0 Å². The summed E-state index contributed by atoms with van der Waals surface area (Å²) in [5.74, 6) is -0.528. The molecule has 2 unspecified atom stereocenters. The third-order valence-corrected chi connectivity index (χ3v) is 2.68. The number of Topliss-reactive ketones (excluding diaryl/α,β-unsaturated/α-hetero) is 1. The molecule has 0 aromatic heterocycles. The molecule has 5 nitrogen and oxygen atoms in total. The van der Waals surface area contributed by atoms with Gasteiger partial charge in [-0.3, -0.25) is 14.9 Å². The van der Waals surface area contributed by atoms with E-state index in [1.807, 2.05) is 0 Å². The van der Waals surface area contributed by atoms with Gasteiger partial charge in [0.1, 0.15) is 6.23 Å². The molecule has 5 heteroatoms. The Bertz CT molecular complexity index is 257. The standard InChI is InChI=1S/C10H18N2O3/c1-3-8(14)10(5-4-6-11-10)9(15)12-7(2)13/h7,11,13H,3-6H2,1-2H3,(H,12,15). The van der Waals surface area contributed by atoms with Gasteiger partial charge in [-0.25, -0.2) is 0 Å². The highest BCUT2D eigenvalue weighted by atomic mass is 16.3. The van der Waals surface area contributed by atoms with Crippen molar-refractivity contribution >= 4 is 11.7 Å². The number of nitrogens with one attached hydrogen (secondary N) is 2. The maximum absolute atomic E-state index is 11.8. The number of hydrogen-bond donors (Lipinski definition) is 3. The van der Waals surface area contributed by atoms with Crippen LogP contribution in [0.4, 0.5) is 0 Å². The SMILES string of the molecule is CCC(=O)C1(C(=O)NC(C)O)CCCN1. The number of aliphatic hydroxyl groups is 1. The Labute approximate surface area is 89.2 Å². The highest BCUT2D eigenvalue weighted by molar-refractivity contribution is 6.10. The Morgan fingerprint density at radius 3 is 2.67 bits per heavy atom. The Morgan fingerprint density at radius 2 is 2.27 bits per heavy atom. The van der Waals surface area contributed by atoms with Crippen molar-refractivity contribution in [2.75, 3.05) is 6.54 Å². The zero-order valence-electron chi connectivity index (χ0n) is 9.17. The predicted octanol–water partition coefficient (Wildman–Crippen LogP) is -0.458. The number of rotatable bonds is 4. The van der Waals surface area contributed by atoms with Crippen LogP contribution in [0.5, 0.6) is 0 Å². The highest BCUT2D eigenvalue weighted by Crippen LogP contribution is 2.22. The summed E-state index contributed by atoms with van der Waals surface area (Å²) in [5.41, 5.74) is -1.11. The number of amides is 1. The molecule has 3 N–H and O–H groups in total. The van der Waals surface area contributed by atoms with Crippen molar-refractivity contribution in [2.45, 2.75) is 44.9 Å². The van der Waals surface area contributed by atoms with Crippen LogP contribution in [0, 0.1) is 0 Å². The minimum Gasteiger partial charge on any atom is -0.374 e. The molecule has 1 saturated heterocycles. The van der Waals surface area contributed by atoms with Gasteiger partial charge in [0.15, 0.2) is 11.3 Å². The van der Waals surface area contributed by atoms with Gasteiger partial charge >= 0.3 is 0 Å². The molecule has 86 valence electrons. The van der Waals surface area contributed by atoms with Crippen LogP contribution >= 0.6 is 0 Å². The van der Waals surface area contributed by atoms with Gasteiger partial charge in [0.2, 0.25) is 5.91 Å². The lowest BCUT2D eigenvalue weighted by Gasteiger charge is -2.26. The minimum absolute atomic E-state index is 0.113. The van der Waals surface area contributed by atoms with E-state index in [4.69, 9.17) is 5.11 Å². The molecule has 0 radical (unpaired) electrons. The van der Waals surface area contributed by atoms with Crippen molar-refractivity contribution in [3.8, 4) is 0 Å². The Hall–Kier alpha value is -0.940. The summed E-state index contributed by atoms with van der Waals surface area (Å²) >= 11 is 0. The van der Waals surface area contributed by atoms with E-state index >= 15 is 0 Å². The largest absolute Gasteiger partial charge is 0.374 e. The summed E-state index contributed by atoms with van der Waals surface area (Å²) in [6.07, 6.45) is 0.707. The van der Waals surface area contributed by atoms with Gasteiger partial charge in [-0.05, 0) is 26.3 Å². The van der Waals surface area contributed by atoms with Crippen LogP contribution < -0.4 is 10.6 Å². The zero-order chi connectivity index (χ0) is 11.5. The second-order valence-corrected chi connectivity index (χ2v) is 3.86. The Kier molecular flexibility index (Phi) is 3.82. The molecule has 1 aliphatic rings. The third kappa shape index (κ3) is 2.35. The maximum Gasteiger partial charge on any atom is 0.249 e. The molecule has 1 heterocycles. The van der Waals surface area contributed by atoms with Gasteiger partial charge in [0.25, 0.3) is 0 Å². The topological polar surface area (TPSA) is 78.4 Å². The van der Waals surface area contributed by atoms with E-state index in [1.54, 1.807) is 6.92 Å². The van der Waals surface area contributed by atoms with E-state index in [2.05, 4.69) is 10.6 Å². The van der Waals surface area contributed by atoms with E-state index in [-0.39, 0.29) is 5.78 Å². The van der Waals surface area contributed by atoms with Gasteiger partial charge in [0, 0.05) is 6.42 Å². The predicted molar refractivity (Wildman–Crippen MR) is 55.1 cm³/mol. The third-order valence-electron chi connectivity index (χ3n) is 2.68. The average Bonchev–Trinajstić information content (AvgIpc) is 2.65. The average molecular weight is 214 g/mol. The number of carbonyl (C=O) groups is 2. The molecular formula is C10H18N2O3. The summed E-state index contributed by atoms with van der Waals surface area (Å²) in [5, 5.41) is 14.4. The van der Waals surface area contributed by atoms with Gasteiger partial charge in [0.05, 0.1) is 0 Å². The Morgan fingerprint density at radius 1 is 1.60 bits per heavy atom. The zero-order valence-corrected chi connectivity index (χ0v) is 9.17. The monoisotopic (exact) mass is 214 g/mol. The van der Waals surface area contributed by atoms with E-state index < -0.39 is 17.7 Å². The van der Waals surface area contributed by atoms with Crippen LogP contribution in [0.2, 0.25) is 0 Å². The molecule has 1 fully saturated rings. The summed E-state index contributed by atoms with van der Waals surface area (Å²) in [4.78, 5) is 23.6. The quantitative estimate of drug-likeness (QED) is 0.437. The summed E-state index contributed by atoms with van der Waals surface area (Å²) in [6.45, 7) is 3.86. The normalized spacial score (nSPS) is 27.4. The van der Waals surface area contributed by atoms with Gasteiger partial charge < -0.3 is 10.4 Å². The summed E-state index contributed by atoms with van der Waals surface area (Å²) < 4.78 is 0. The number of carbonyl (C=O) groups excluding carboxylic acids is 2. The van der Waals surface area contributed by atoms with Crippen LogP contribution in [0.25, 0.3) is 0 Å². The van der Waals surface area contributed by atoms with Gasteiger partial charge in [-0.15, -0.1) is 0 Å². The molecule has 2 atom stereocenters. The molecule has 0 aromatic rings. The molecule has 15 heavy (non-hydrogen) atoms. The van der Waals surface area contributed by atoms with Crippen LogP contribution in [0.1, 0.15) is 33.1 Å². The van der Waals surface area contributed by atoms with Crippen LogP contribution in [-0.4, -0.2) is 35.1 Å². The number of aliphatic hydroxyl groups excluding tert-OH is 1. The molecule has 1 rings (SSSR count). The lowest BCUT2D eigenvalue weighted by Crippen LogP contribution is -2.60. The van der Waals surface area contributed by atoms with E-state index in [1.165, 1.54) is 6.92 Å². The van der Waals surface area contributed by atoms with Crippen molar-refractivity contribution in [1.29, 1.82) is 0 Å². The minimum atomic E-state index is -1.11. The fraction of sp³-hybridized carbons (Fsp3) is 0.800. The van der Waals surface area contributed by atoms with Crippen LogP contribution in [-0.2, 0) is 9.59 Å². The Balaban J connectivity index is 2.81. The van der Waals surface area contributed by atoms with Crippen molar-refractivity contribution in [2.24, 2.45) is 0 Å². The fourth-order valence-corrected chi connectivity index (χ4v) is 1.92. The van der Waals surface area contributed by atoms with E-state index in [0.29, 0.717) is 19.4 Å². The first-order valence-electron chi connectivity index (χ1n) is 5.30. The van der Waals surface area contributed by atoms with Gasteiger partial charge in [-0.1, -0.05) is 6.92 Å². The first kappa shape index (κ1) is 12.1. The number of hydrogen-bond acceptors (Lipinski definition) is 4. The molecule has 0 bridgehead atoms. The molecule has 0 spiro atoms. The lowest BCUT2D eigenvalue weighted by atomic mass is 9.89. The summed E-state index contributed by atoms with van der Waals surface area (Å²) in [7, 11) is 0. The maximum atomic E-state index is 11.8.